The molecule has 0 aliphatic carbocycles. The standard InChI is InChI=1S/C46H28N4OS/c1-27-26-35(50-34-21-11-8-18-30(34)31-24-25-38-41(42(31)50)33-20-10-13-23-37(33)52-38)40-32-19-9-12-22-36(32)51-43(40)39(27)46-48-44(28-14-4-2-5-15-28)47-45(49-46)29-16-6-3-7-17-29/h2-26H,1H3. The molecule has 0 fully saturated rings. The zero-order valence-electron chi connectivity index (χ0n) is 28.0. The third kappa shape index (κ3) is 4.25. The van der Waals surface area contributed by atoms with E-state index in [0.717, 1.165) is 55.4 Å². The molecule has 0 saturated heterocycles. The minimum atomic E-state index is 0.578. The molecule has 0 spiro atoms. The van der Waals surface area contributed by atoms with Crippen molar-refractivity contribution in [2.75, 3.05) is 0 Å². The maximum atomic E-state index is 6.90. The lowest BCUT2D eigenvalue weighted by Gasteiger charge is -2.15. The molecule has 7 aromatic carbocycles. The molecule has 0 atom stereocenters. The number of hydrogen-bond donors (Lipinski definition) is 0. The van der Waals surface area contributed by atoms with Gasteiger partial charge in [0.1, 0.15) is 11.2 Å². The highest BCUT2D eigenvalue weighted by molar-refractivity contribution is 7.26. The first-order chi connectivity index (χ1) is 25.7. The topological polar surface area (TPSA) is 56.7 Å². The van der Waals surface area contributed by atoms with Crippen molar-refractivity contribution in [3.63, 3.8) is 0 Å². The lowest BCUT2D eigenvalue weighted by molar-refractivity contribution is 0.669. The first-order valence-electron chi connectivity index (χ1n) is 17.4. The quantitative estimate of drug-likeness (QED) is 0.185. The Morgan fingerprint density at radius 3 is 1.88 bits per heavy atom. The second-order valence-corrected chi connectivity index (χ2v) is 14.3. The van der Waals surface area contributed by atoms with Crippen molar-refractivity contribution in [3.8, 4) is 39.9 Å². The Morgan fingerprint density at radius 1 is 0.519 bits per heavy atom. The SMILES string of the molecule is Cc1cc(-n2c3ccccc3c3ccc4sc5ccccc5c4c32)c2c(oc3ccccc32)c1-c1nc(-c2ccccc2)nc(-c2ccccc2)n1. The van der Waals surface area contributed by atoms with Gasteiger partial charge in [0.05, 0.1) is 27.7 Å². The molecular weight excluding hydrogens is 657 g/mol. The van der Waals surface area contributed by atoms with E-state index in [1.807, 2.05) is 84.1 Å². The van der Waals surface area contributed by atoms with Gasteiger partial charge in [-0.05, 0) is 42.8 Å². The Kier molecular flexibility index (Phi) is 6.27. The Hall–Kier alpha value is -6.63. The first kappa shape index (κ1) is 29.1. The second-order valence-electron chi connectivity index (χ2n) is 13.2. The molecule has 11 aromatic rings. The Balaban J connectivity index is 1.28. The molecule has 4 aromatic heterocycles. The highest BCUT2D eigenvalue weighted by atomic mass is 32.1. The zero-order chi connectivity index (χ0) is 34.3. The van der Waals surface area contributed by atoms with Crippen LogP contribution in [-0.4, -0.2) is 19.5 Å². The van der Waals surface area contributed by atoms with Crippen LogP contribution in [0.5, 0.6) is 0 Å². The fourth-order valence-electron chi connectivity index (χ4n) is 7.89. The molecule has 0 saturated carbocycles. The number of benzene rings is 7. The van der Waals surface area contributed by atoms with Gasteiger partial charge in [-0.15, -0.1) is 11.3 Å². The number of aryl methyl sites for hydroxylation is 1. The van der Waals surface area contributed by atoms with E-state index in [1.54, 1.807) is 0 Å². The number of fused-ring (bicyclic) bond motifs is 10. The number of hydrogen-bond acceptors (Lipinski definition) is 5. The fourth-order valence-corrected chi connectivity index (χ4v) is 9.00. The summed E-state index contributed by atoms with van der Waals surface area (Å²) in [5.41, 5.74) is 8.72. The third-order valence-corrected chi connectivity index (χ3v) is 11.3. The van der Waals surface area contributed by atoms with E-state index in [2.05, 4.69) is 90.4 Å². The molecule has 0 aliphatic heterocycles. The van der Waals surface area contributed by atoms with Crippen molar-refractivity contribution in [1.29, 1.82) is 0 Å². The van der Waals surface area contributed by atoms with E-state index >= 15 is 0 Å². The summed E-state index contributed by atoms with van der Waals surface area (Å²) in [7, 11) is 0. The number of rotatable bonds is 4. The van der Waals surface area contributed by atoms with Gasteiger partial charge in [-0.1, -0.05) is 121 Å². The van der Waals surface area contributed by atoms with Crippen molar-refractivity contribution in [2.45, 2.75) is 6.92 Å². The van der Waals surface area contributed by atoms with Crippen molar-refractivity contribution >= 4 is 75.3 Å². The highest BCUT2D eigenvalue weighted by Gasteiger charge is 2.26. The van der Waals surface area contributed by atoms with Gasteiger partial charge in [0, 0.05) is 47.5 Å². The maximum absolute atomic E-state index is 6.90. The van der Waals surface area contributed by atoms with Gasteiger partial charge in [0.25, 0.3) is 0 Å². The van der Waals surface area contributed by atoms with Gasteiger partial charge in [-0.25, -0.2) is 15.0 Å². The summed E-state index contributed by atoms with van der Waals surface area (Å²) in [5, 5.41) is 7.06. The molecule has 6 heteroatoms. The van der Waals surface area contributed by atoms with E-state index < -0.39 is 0 Å². The van der Waals surface area contributed by atoms with Gasteiger partial charge < -0.3 is 8.98 Å². The highest BCUT2D eigenvalue weighted by Crippen LogP contribution is 2.47. The summed E-state index contributed by atoms with van der Waals surface area (Å²) < 4.78 is 11.9. The number of nitrogens with zero attached hydrogens (tertiary/aromatic N) is 4. The summed E-state index contributed by atoms with van der Waals surface area (Å²) in [6.07, 6.45) is 0. The van der Waals surface area contributed by atoms with Crippen LogP contribution in [0.2, 0.25) is 0 Å². The van der Waals surface area contributed by atoms with Crippen molar-refractivity contribution in [3.05, 3.63) is 157 Å². The molecular formula is C46H28N4OS. The van der Waals surface area contributed by atoms with E-state index in [9.17, 15) is 0 Å². The van der Waals surface area contributed by atoms with E-state index in [4.69, 9.17) is 19.4 Å². The molecule has 0 unspecified atom stereocenters. The number of thiophene rings is 1. The Bertz CT molecular complexity index is 3140. The van der Waals surface area contributed by atoms with Crippen LogP contribution in [0.1, 0.15) is 5.56 Å². The summed E-state index contributed by atoms with van der Waals surface area (Å²) in [4.78, 5) is 15.3. The van der Waals surface area contributed by atoms with Crippen LogP contribution in [0.4, 0.5) is 0 Å². The van der Waals surface area contributed by atoms with Crippen LogP contribution in [0.15, 0.2) is 156 Å². The molecule has 5 nitrogen and oxygen atoms in total. The van der Waals surface area contributed by atoms with Crippen molar-refractivity contribution in [2.24, 2.45) is 0 Å². The van der Waals surface area contributed by atoms with Crippen LogP contribution in [0.25, 0.3) is 104 Å². The fraction of sp³-hybridized carbons (Fsp3) is 0.0217. The predicted molar refractivity (Wildman–Crippen MR) is 215 cm³/mol. The van der Waals surface area contributed by atoms with E-state index in [0.29, 0.717) is 17.5 Å². The van der Waals surface area contributed by atoms with Gasteiger partial charge in [0.2, 0.25) is 0 Å². The number of para-hydroxylation sites is 2. The molecule has 0 radical (unpaired) electrons. The smallest absolute Gasteiger partial charge is 0.168 e. The predicted octanol–water partition coefficient (Wildman–Crippen LogP) is 12.5. The molecule has 0 amide bonds. The maximum Gasteiger partial charge on any atom is 0.168 e. The van der Waals surface area contributed by atoms with Gasteiger partial charge >= 0.3 is 0 Å². The van der Waals surface area contributed by atoms with Crippen LogP contribution in [-0.2, 0) is 0 Å². The van der Waals surface area contributed by atoms with Gasteiger partial charge in [-0.3, -0.25) is 0 Å². The molecule has 4 heterocycles. The van der Waals surface area contributed by atoms with Crippen LogP contribution < -0.4 is 0 Å². The minimum Gasteiger partial charge on any atom is -0.455 e. The van der Waals surface area contributed by atoms with E-state index in [1.165, 1.54) is 36.5 Å². The second kappa shape index (κ2) is 11.2. The molecule has 0 aliphatic rings. The zero-order valence-corrected chi connectivity index (χ0v) is 28.9. The van der Waals surface area contributed by atoms with Gasteiger partial charge in [-0.2, -0.15) is 0 Å². The minimum absolute atomic E-state index is 0.578. The normalized spacial score (nSPS) is 11.9. The molecule has 52 heavy (non-hydrogen) atoms. The molecule has 244 valence electrons. The summed E-state index contributed by atoms with van der Waals surface area (Å²) in [6, 6.07) is 52.9. The Labute approximate surface area is 302 Å². The first-order valence-corrected chi connectivity index (χ1v) is 18.2. The summed E-state index contributed by atoms with van der Waals surface area (Å²) in [6.45, 7) is 2.14. The third-order valence-electron chi connectivity index (χ3n) is 10.2. The van der Waals surface area contributed by atoms with Crippen LogP contribution in [0.3, 0.4) is 0 Å². The Morgan fingerprint density at radius 2 is 1.13 bits per heavy atom. The average molecular weight is 685 g/mol. The average Bonchev–Trinajstić information content (AvgIpc) is 3.88. The van der Waals surface area contributed by atoms with Crippen LogP contribution >= 0.6 is 11.3 Å². The van der Waals surface area contributed by atoms with Gasteiger partial charge in [0.15, 0.2) is 17.5 Å². The molecule has 11 rings (SSSR count). The van der Waals surface area contributed by atoms with Crippen LogP contribution in [0, 0.1) is 6.92 Å². The molecule has 0 N–H and O–H groups in total. The number of aromatic nitrogens is 4. The van der Waals surface area contributed by atoms with E-state index in [-0.39, 0.29) is 0 Å². The molecule has 0 bridgehead atoms. The summed E-state index contributed by atoms with van der Waals surface area (Å²) >= 11 is 1.85. The largest absolute Gasteiger partial charge is 0.455 e. The monoisotopic (exact) mass is 684 g/mol. The van der Waals surface area contributed by atoms with Crippen molar-refractivity contribution < 1.29 is 4.42 Å². The lowest BCUT2D eigenvalue weighted by atomic mass is 10.0. The lowest BCUT2D eigenvalue weighted by Crippen LogP contribution is -2.03. The number of furan rings is 1. The summed E-state index contributed by atoms with van der Waals surface area (Å²) in [5.74, 6) is 1.81. The van der Waals surface area contributed by atoms with Crippen molar-refractivity contribution in [1.82, 2.24) is 19.5 Å².